The van der Waals surface area contributed by atoms with Gasteiger partial charge in [-0.25, -0.2) is 13.1 Å². The van der Waals surface area contributed by atoms with Crippen LogP contribution >= 0.6 is 0 Å². The van der Waals surface area contributed by atoms with Gasteiger partial charge in [-0.2, -0.15) is 0 Å². The average Bonchev–Trinajstić information content (AvgIpc) is 2.69. The van der Waals surface area contributed by atoms with Gasteiger partial charge in [-0.15, -0.1) is 0 Å². The van der Waals surface area contributed by atoms with E-state index in [1.807, 2.05) is 18.2 Å². The highest BCUT2D eigenvalue weighted by Gasteiger charge is 2.27. The van der Waals surface area contributed by atoms with Gasteiger partial charge in [-0.05, 0) is 18.2 Å². The van der Waals surface area contributed by atoms with Crippen LogP contribution in [0.25, 0.3) is 0 Å². The smallest absolute Gasteiger partial charge is 0.240 e. The van der Waals surface area contributed by atoms with Crippen LogP contribution in [0, 0.1) is 0 Å². The summed E-state index contributed by atoms with van der Waals surface area (Å²) in [5.74, 6) is 0.122. The molecule has 1 aliphatic rings. The molecule has 1 heterocycles. The van der Waals surface area contributed by atoms with Crippen molar-refractivity contribution >= 4 is 21.6 Å². The molecule has 0 saturated carbocycles. The fourth-order valence-corrected chi connectivity index (χ4v) is 4.97. The number of sulfonamides is 1. The third-order valence-electron chi connectivity index (χ3n) is 5.10. The molecule has 1 saturated heterocycles. The highest BCUT2D eigenvalue weighted by atomic mass is 32.2. The van der Waals surface area contributed by atoms with E-state index in [0.29, 0.717) is 11.4 Å². The van der Waals surface area contributed by atoms with Crippen molar-refractivity contribution in [2.75, 3.05) is 25.5 Å². The van der Waals surface area contributed by atoms with Gasteiger partial charge in [0.1, 0.15) is 12.3 Å². The molecule has 3 N–H and O–H groups in total. The number of piperidine rings is 1. The molecule has 29 heavy (non-hydrogen) atoms. The zero-order chi connectivity index (χ0) is 20.9. The Morgan fingerprint density at radius 2 is 1.83 bits per heavy atom. The maximum Gasteiger partial charge on any atom is 0.240 e. The van der Waals surface area contributed by atoms with Crippen molar-refractivity contribution in [1.29, 1.82) is 0 Å². The summed E-state index contributed by atoms with van der Waals surface area (Å²) in [6.45, 7) is 4.16. The van der Waals surface area contributed by atoms with Gasteiger partial charge in [-0.3, -0.25) is 4.79 Å². The van der Waals surface area contributed by atoms with Crippen molar-refractivity contribution in [3.05, 3.63) is 54.1 Å². The van der Waals surface area contributed by atoms with Crippen molar-refractivity contribution < 1.29 is 22.8 Å². The lowest BCUT2D eigenvalue weighted by atomic mass is 10.1. The number of anilines is 1. The van der Waals surface area contributed by atoms with Crippen molar-refractivity contribution in [1.82, 2.24) is 4.72 Å². The maximum absolute atomic E-state index is 12.8. The van der Waals surface area contributed by atoms with Gasteiger partial charge in [0, 0.05) is 31.4 Å². The zero-order valence-corrected chi connectivity index (χ0v) is 17.6. The third kappa shape index (κ3) is 5.79. The largest absolute Gasteiger partial charge is 0.495 e. The molecule has 0 spiro atoms. The number of quaternary nitrogens is 1. The number of likely N-dealkylation sites (tertiary alicyclic amines) is 1. The summed E-state index contributed by atoms with van der Waals surface area (Å²) in [6, 6.07) is 14.7. The normalized spacial score (nSPS) is 19.5. The Morgan fingerprint density at radius 1 is 1.14 bits per heavy atom. The van der Waals surface area contributed by atoms with Crippen LogP contribution in [-0.2, 0) is 21.4 Å². The number of hydrogen-bond acceptors (Lipinski definition) is 4. The first kappa shape index (κ1) is 21.3. The Bertz CT molecular complexity index is 940. The fourth-order valence-electron chi connectivity index (χ4n) is 3.63. The number of benzene rings is 2. The van der Waals surface area contributed by atoms with E-state index >= 15 is 0 Å². The molecule has 0 unspecified atom stereocenters. The molecule has 1 amide bonds. The van der Waals surface area contributed by atoms with E-state index in [-0.39, 0.29) is 16.8 Å². The van der Waals surface area contributed by atoms with Gasteiger partial charge >= 0.3 is 0 Å². The second-order valence-electron chi connectivity index (χ2n) is 7.35. The fraction of sp³-hybridized carbons (Fsp3) is 0.381. The monoisotopic (exact) mass is 418 g/mol. The predicted octanol–water partition coefficient (Wildman–Crippen LogP) is 1.18. The Labute approximate surface area is 172 Å². The zero-order valence-electron chi connectivity index (χ0n) is 16.8. The molecule has 1 aliphatic heterocycles. The molecule has 0 radical (unpaired) electrons. The minimum Gasteiger partial charge on any atom is -0.495 e. The lowest BCUT2D eigenvalue weighted by Crippen LogP contribution is -3.12. The number of nitrogens with one attached hydrogen (secondary N) is 3. The standard InChI is InChI=1S/C21H27N3O4S/c1-16(25)22-20-14-19(8-9-21(20)28-2)29(26,27)23-18-10-12-24(13-11-18)15-17-6-4-3-5-7-17/h3-9,14,18,23H,10-13,15H2,1-2H3,(H,22,25)/p+1. The topological polar surface area (TPSA) is 88.9 Å². The molecule has 0 aliphatic carbocycles. The van der Waals surface area contributed by atoms with Crippen LogP contribution in [-0.4, -0.2) is 40.6 Å². The van der Waals surface area contributed by atoms with Crippen LogP contribution in [0.2, 0.25) is 0 Å². The number of ether oxygens (including phenoxy) is 1. The third-order valence-corrected chi connectivity index (χ3v) is 6.62. The Kier molecular flexibility index (Phi) is 6.89. The first-order chi connectivity index (χ1) is 13.9. The second kappa shape index (κ2) is 9.39. The summed E-state index contributed by atoms with van der Waals surface area (Å²) in [5.41, 5.74) is 1.63. The molecule has 7 nitrogen and oxygen atoms in total. The summed E-state index contributed by atoms with van der Waals surface area (Å²) in [5, 5.41) is 2.61. The SMILES string of the molecule is COc1ccc(S(=O)(=O)NC2CC[NH+](Cc3ccccc3)CC2)cc1NC(C)=O. The first-order valence-electron chi connectivity index (χ1n) is 9.73. The van der Waals surface area contributed by atoms with Gasteiger partial charge < -0.3 is 15.0 Å². The Morgan fingerprint density at radius 3 is 2.45 bits per heavy atom. The number of carbonyl (C=O) groups excluding carboxylic acids is 1. The minimum absolute atomic E-state index is 0.0918. The van der Waals surface area contributed by atoms with Gasteiger partial charge in [-0.1, -0.05) is 30.3 Å². The van der Waals surface area contributed by atoms with Crippen molar-refractivity contribution in [3.63, 3.8) is 0 Å². The summed E-state index contributed by atoms with van der Waals surface area (Å²) in [4.78, 5) is 13.0. The lowest BCUT2D eigenvalue weighted by Gasteiger charge is -2.29. The maximum atomic E-state index is 12.8. The number of methoxy groups -OCH3 is 1. The summed E-state index contributed by atoms with van der Waals surface area (Å²) in [7, 11) is -2.21. The molecule has 8 heteroatoms. The van der Waals surface area contributed by atoms with Gasteiger partial charge in [0.2, 0.25) is 15.9 Å². The summed E-state index contributed by atoms with van der Waals surface area (Å²) >= 11 is 0. The highest BCUT2D eigenvalue weighted by molar-refractivity contribution is 7.89. The summed E-state index contributed by atoms with van der Waals surface area (Å²) < 4.78 is 33.7. The van der Waals surface area contributed by atoms with E-state index in [1.54, 1.807) is 6.07 Å². The molecule has 1 fully saturated rings. The van der Waals surface area contributed by atoms with Crippen LogP contribution in [0.3, 0.4) is 0 Å². The van der Waals surface area contributed by atoms with E-state index < -0.39 is 10.0 Å². The van der Waals surface area contributed by atoms with Crippen LogP contribution in [0.15, 0.2) is 53.4 Å². The molecule has 0 aromatic heterocycles. The predicted molar refractivity (Wildman–Crippen MR) is 111 cm³/mol. The molecule has 3 rings (SSSR count). The van der Waals surface area contributed by atoms with E-state index in [4.69, 9.17) is 4.74 Å². The number of rotatable bonds is 7. The van der Waals surface area contributed by atoms with E-state index in [1.165, 1.54) is 36.6 Å². The molecule has 2 aromatic carbocycles. The second-order valence-corrected chi connectivity index (χ2v) is 9.07. The average molecular weight is 419 g/mol. The molecule has 2 aromatic rings. The van der Waals surface area contributed by atoms with Gasteiger partial charge in [0.15, 0.2) is 0 Å². The van der Waals surface area contributed by atoms with Crippen LogP contribution in [0.5, 0.6) is 5.75 Å². The molecular weight excluding hydrogens is 390 g/mol. The Balaban J connectivity index is 1.62. The Hall–Kier alpha value is -2.42. The quantitative estimate of drug-likeness (QED) is 0.630. The van der Waals surface area contributed by atoms with Crippen LogP contribution in [0.4, 0.5) is 5.69 Å². The highest BCUT2D eigenvalue weighted by Crippen LogP contribution is 2.27. The van der Waals surface area contributed by atoms with E-state index in [2.05, 4.69) is 22.2 Å². The van der Waals surface area contributed by atoms with E-state index in [9.17, 15) is 13.2 Å². The molecular formula is C21H28N3O4S+. The van der Waals surface area contributed by atoms with Crippen LogP contribution < -0.4 is 19.7 Å². The molecule has 0 atom stereocenters. The van der Waals surface area contributed by atoms with Crippen molar-refractivity contribution in [2.24, 2.45) is 0 Å². The number of hydrogen-bond donors (Lipinski definition) is 3. The van der Waals surface area contributed by atoms with E-state index in [0.717, 1.165) is 32.5 Å². The minimum atomic E-state index is -3.69. The van der Waals surface area contributed by atoms with Crippen molar-refractivity contribution in [2.45, 2.75) is 37.2 Å². The number of carbonyl (C=O) groups is 1. The number of amides is 1. The lowest BCUT2D eigenvalue weighted by molar-refractivity contribution is -0.918. The summed E-state index contributed by atoms with van der Waals surface area (Å²) in [6.07, 6.45) is 1.58. The van der Waals surface area contributed by atoms with Crippen molar-refractivity contribution in [3.8, 4) is 5.75 Å². The molecule has 156 valence electrons. The van der Waals surface area contributed by atoms with Gasteiger partial charge in [0.25, 0.3) is 0 Å². The van der Waals surface area contributed by atoms with Gasteiger partial charge in [0.05, 0.1) is 30.8 Å². The first-order valence-corrected chi connectivity index (χ1v) is 11.2. The van der Waals surface area contributed by atoms with Crippen LogP contribution in [0.1, 0.15) is 25.3 Å². The molecule has 0 bridgehead atoms.